The summed E-state index contributed by atoms with van der Waals surface area (Å²) in [5.41, 5.74) is 0. The molecule has 0 radical (unpaired) electrons. The second-order valence-electron chi connectivity index (χ2n) is 3.75. The fourth-order valence-corrected chi connectivity index (χ4v) is 2.04. The quantitative estimate of drug-likeness (QED) is 0.637. The van der Waals surface area contributed by atoms with E-state index in [1.165, 1.54) is 0 Å². The molecule has 12 heavy (non-hydrogen) atoms. The molecule has 0 aromatic rings. The van der Waals surface area contributed by atoms with E-state index in [4.69, 9.17) is 4.10 Å². The zero-order valence-electron chi connectivity index (χ0n) is 8.37. The summed E-state index contributed by atoms with van der Waals surface area (Å²) in [5.74, 6) is 0.444. The predicted molar refractivity (Wildman–Crippen MR) is 51.9 cm³/mol. The summed E-state index contributed by atoms with van der Waals surface area (Å²) in [5, 5.41) is 0. The molecule has 72 valence electrons. The lowest BCUT2D eigenvalue weighted by Gasteiger charge is -2.19. The minimum Gasteiger partial charge on any atom is -0.333 e. The van der Waals surface area contributed by atoms with Crippen LogP contribution < -0.4 is 0 Å². The Labute approximate surface area is 75.7 Å². The van der Waals surface area contributed by atoms with Crippen molar-refractivity contribution in [3.05, 3.63) is 0 Å². The van der Waals surface area contributed by atoms with Gasteiger partial charge < -0.3 is 4.10 Å². The summed E-state index contributed by atoms with van der Waals surface area (Å²) >= 11 is 0. The van der Waals surface area contributed by atoms with Gasteiger partial charge in [0.2, 0.25) is 0 Å². The average Bonchev–Trinajstić information content (AvgIpc) is 1.79. The number of rotatable bonds is 4. The van der Waals surface area contributed by atoms with Crippen molar-refractivity contribution in [2.75, 3.05) is 6.26 Å². The molecule has 0 aromatic carbocycles. The van der Waals surface area contributed by atoms with Gasteiger partial charge in [-0.3, -0.25) is 0 Å². The molecule has 0 atom stereocenters. The van der Waals surface area contributed by atoms with Crippen LogP contribution in [0.25, 0.3) is 0 Å². The first-order valence-corrected chi connectivity index (χ1v) is 5.94. The molecule has 0 aliphatic rings. The summed E-state index contributed by atoms with van der Waals surface area (Å²) in [7, 11) is -3.31. The van der Waals surface area contributed by atoms with E-state index in [0.717, 1.165) is 6.26 Å². The van der Waals surface area contributed by atoms with E-state index in [9.17, 15) is 8.42 Å². The van der Waals surface area contributed by atoms with Crippen molar-refractivity contribution >= 4 is 17.0 Å². The summed E-state index contributed by atoms with van der Waals surface area (Å²) in [6, 6.07) is 0. The molecule has 0 bridgehead atoms. The number of hydrogen-bond acceptors (Lipinski definition) is 3. The Balaban J connectivity index is 4.35. The Morgan fingerprint density at radius 3 is 1.50 bits per heavy atom. The maximum Gasteiger partial charge on any atom is 0.323 e. The van der Waals surface area contributed by atoms with Crippen LogP contribution in [-0.2, 0) is 14.2 Å². The van der Waals surface area contributed by atoms with Gasteiger partial charge in [0.05, 0.1) is 6.26 Å². The van der Waals surface area contributed by atoms with E-state index in [0.29, 0.717) is 0 Å². The molecule has 0 amide bonds. The van der Waals surface area contributed by atoms with Crippen LogP contribution in [-0.4, -0.2) is 21.6 Å². The smallest absolute Gasteiger partial charge is 0.323 e. The molecule has 0 saturated carbocycles. The van der Waals surface area contributed by atoms with Crippen LogP contribution in [0.3, 0.4) is 0 Å². The van der Waals surface area contributed by atoms with Crippen molar-refractivity contribution in [1.29, 1.82) is 0 Å². The number of hydrogen-bond donors (Lipinski definition) is 0. The van der Waals surface area contributed by atoms with E-state index in [2.05, 4.69) is 0 Å². The monoisotopic (exact) mass is 192 g/mol. The maximum absolute atomic E-state index is 10.8. The highest BCUT2D eigenvalue weighted by atomic mass is 32.2. The molecule has 0 aromatic heterocycles. The van der Waals surface area contributed by atoms with Gasteiger partial charge in [0.1, 0.15) is 0 Å². The van der Waals surface area contributed by atoms with E-state index in [1.54, 1.807) is 0 Å². The van der Waals surface area contributed by atoms with Crippen molar-refractivity contribution in [2.45, 2.75) is 39.3 Å². The Kier molecular flexibility index (Phi) is 4.27. The third kappa shape index (κ3) is 4.77. The lowest BCUT2D eigenvalue weighted by atomic mass is 9.50. The molecule has 0 saturated heterocycles. The van der Waals surface area contributed by atoms with Gasteiger partial charge in [-0.1, -0.05) is 27.7 Å². The minimum atomic E-state index is -3.31. The normalized spacial score (nSPS) is 12.6. The molecule has 0 unspecified atom stereocenters. The molecule has 3 nitrogen and oxygen atoms in total. The Bertz CT molecular complexity index is 213. The molecule has 5 heteroatoms. The third-order valence-electron chi connectivity index (χ3n) is 1.60. The van der Waals surface area contributed by atoms with Crippen LogP contribution in [0.15, 0.2) is 0 Å². The van der Waals surface area contributed by atoms with Crippen LogP contribution in [0, 0.1) is 0 Å². The van der Waals surface area contributed by atoms with Crippen molar-refractivity contribution in [3.8, 4) is 0 Å². The fraction of sp³-hybridized carbons (Fsp3) is 1.00. The lowest BCUT2D eigenvalue weighted by molar-refractivity contribution is 0.484. The maximum atomic E-state index is 10.8. The zero-order chi connectivity index (χ0) is 9.94. The van der Waals surface area contributed by atoms with Gasteiger partial charge >= 0.3 is 6.92 Å². The van der Waals surface area contributed by atoms with Gasteiger partial charge in [-0.15, -0.1) is 0 Å². The highest BCUT2D eigenvalue weighted by molar-refractivity contribution is 7.86. The summed E-state index contributed by atoms with van der Waals surface area (Å²) < 4.78 is 26.6. The van der Waals surface area contributed by atoms with E-state index >= 15 is 0 Å². The third-order valence-corrected chi connectivity index (χ3v) is 2.17. The first-order valence-electron chi connectivity index (χ1n) is 4.12. The molecule has 0 fully saturated rings. The standard InChI is InChI=1S/C7H17BO3S/c1-6(2)8(7(3)4)11-12(5,9)10/h6-7H,1-5H3. The topological polar surface area (TPSA) is 43.4 Å². The predicted octanol–water partition coefficient (Wildman–Crippen LogP) is 1.77. The van der Waals surface area contributed by atoms with Crippen molar-refractivity contribution in [3.63, 3.8) is 0 Å². The first-order chi connectivity index (χ1) is 5.24. The molecule has 0 rings (SSSR count). The highest BCUT2D eigenvalue weighted by Gasteiger charge is 2.28. The van der Waals surface area contributed by atoms with Crippen molar-refractivity contribution in [1.82, 2.24) is 0 Å². The van der Waals surface area contributed by atoms with Crippen LogP contribution in [0.4, 0.5) is 0 Å². The second kappa shape index (κ2) is 4.28. The first kappa shape index (κ1) is 12.0. The molecular weight excluding hydrogens is 175 g/mol. The summed E-state index contributed by atoms with van der Waals surface area (Å²) in [6.45, 7) is 7.61. The summed E-state index contributed by atoms with van der Waals surface area (Å²) in [6.07, 6.45) is 1.09. The van der Waals surface area contributed by atoms with Gasteiger partial charge in [-0.2, -0.15) is 0 Å². The SMILES string of the molecule is CC(C)B(OS(C)(=O)=O)C(C)C. The summed E-state index contributed by atoms with van der Waals surface area (Å²) in [4.78, 5) is 0. The highest BCUT2D eigenvalue weighted by Crippen LogP contribution is 2.21. The van der Waals surface area contributed by atoms with Crippen LogP contribution in [0.1, 0.15) is 27.7 Å². The van der Waals surface area contributed by atoms with Crippen molar-refractivity contribution in [2.24, 2.45) is 0 Å². The molecule has 0 spiro atoms. The lowest BCUT2D eigenvalue weighted by Crippen LogP contribution is -2.28. The van der Waals surface area contributed by atoms with Gasteiger partial charge in [-0.25, -0.2) is 8.42 Å². The van der Waals surface area contributed by atoms with Crippen LogP contribution >= 0.6 is 0 Å². The van der Waals surface area contributed by atoms with E-state index in [1.807, 2.05) is 27.7 Å². The zero-order valence-corrected chi connectivity index (χ0v) is 9.18. The largest absolute Gasteiger partial charge is 0.333 e. The Morgan fingerprint density at radius 1 is 1.08 bits per heavy atom. The average molecular weight is 192 g/mol. The van der Waals surface area contributed by atoms with Gasteiger partial charge in [0, 0.05) is 0 Å². The van der Waals surface area contributed by atoms with Gasteiger partial charge in [0.15, 0.2) is 0 Å². The van der Waals surface area contributed by atoms with Gasteiger partial charge in [0.25, 0.3) is 10.1 Å². The fourth-order valence-electron chi connectivity index (χ4n) is 1.19. The van der Waals surface area contributed by atoms with E-state index < -0.39 is 10.1 Å². The minimum absolute atomic E-state index is 0.208. The van der Waals surface area contributed by atoms with E-state index in [-0.39, 0.29) is 18.6 Å². The second-order valence-corrected chi connectivity index (χ2v) is 5.35. The van der Waals surface area contributed by atoms with Crippen LogP contribution in [0.2, 0.25) is 11.6 Å². The Morgan fingerprint density at radius 2 is 1.42 bits per heavy atom. The Hall–Kier alpha value is -0.0251. The van der Waals surface area contributed by atoms with Crippen molar-refractivity contribution < 1.29 is 12.5 Å². The molecule has 0 aliphatic carbocycles. The molecule has 0 heterocycles. The molecular formula is C7H17BO3S. The molecule has 0 N–H and O–H groups in total. The molecule has 0 aliphatic heterocycles. The van der Waals surface area contributed by atoms with Crippen LogP contribution in [0.5, 0.6) is 0 Å². The van der Waals surface area contributed by atoms with Gasteiger partial charge in [-0.05, 0) is 11.6 Å².